The van der Waals surface area contributed by atoms with Crippen LogP contribution in [-0.2, 0) is 14.4 Å². The molecule has 3 atom stereocenters. The van der Waals surface area contributed by atoms with E-state index in [4.69, 9.17) is 0 Å². The zero-order valence-electron chi connectivity index (χ0n) is 14.4. The minimum absolute atomic E-state index is 0.0432. The number of carbonyl (C=O) groups excluding carboxylic acids is 3. The highest BCUT2D eigenvalue weighted by Gasteiger charge is 2.48. The van der Waals surface area contributed by atoms with Crippen LogP contribution in [0.3, 0.4) is 0 Å². The van der Waals surface area contributed by atoms with Crippen molar-refractivity contribution in [2.75, 3.05) is 13.1 Å². The van der Waals surface area contributed by atoms with Gasteiger partial charge >= 0.3 is 0 Å². The summed E-state index contributed by atoms with van der Waals surface area (Å²) in [5.74, 6) is -0.274. The van der Waals surface area contributed by atoms with Gasteiger partial charge in [0.2, 0.25) is 17.7 Å². The van der Waals surface area contributed by atoms with Crippen LogP contribution in [0, 0.1) is 11.8 Å². The van der Waals surface area contributed by atoms with E-state index in [1.165, 1.54) is 10.5 Å². The molecule has 0 radical (unpaired) electrons. The van der Waals surface area contributed by atoms with E-state index < -0.39 is 0 Å². The summed E-state index contributed by atoms with van der Waals surface area (Å²) < 4.78 is 0. The number of hydrogen-bond acceptors (Lipinski definition) is 4. The van der Waals surface area contributed by atoms with E-state index >= 15 is 0 Å². The summed E-state index contributed by atoms with van der Waals surface area (Å²) in [6, 6.07) is 2.24. The van der Waals surface area contributed by atoms with Gasteiger partial charge in [0, 0.05) is 19.5 Å². The fourth-order valence-electron chi connectivity index (χ4n) is 4.68. The van der Waals surface area contributed by atoms with E-state index in [1.54, 1.807) is 11.3 Å². The maximum Gasteiger partial charge on any atom is 0.233 e. The third kappa shape index (κ3) is 3.01. The van der Waals surface area contributed by atoms with E-state index in [0.717, 1.165) is 45.1 Å². The van der Waals surface area contributed by atoms with Crippen LogP contribution in [0.25, 0.3) is 0 Å². The molecule has 1 aliphatic carbocycles. The second kappa shape index (κ2) is 6.90. The standard InChI is InChI=1S/C19H24N2O3S/c22-17(20-9-3-6-16(20)13-8-11-25-12-13)7-10-21-18(23)14-4-1-2-5-15(14)19(21)24/h8,11-12,14-16H,1-7,9-10H2/t14-,15-,16-/m1/s1. The third-order valence-electron chi connectivity index (χ3n) is 5.98. The lowest BCUT2D eigenvalue weighted by molar-refractivity contribution is -0.141. The lowest BCUT2D eigenvalue weighted by Gasteiger charge is -2.25. The summed E-state index contributed by atoms with van der Waals surface area (Å²) in [5, 5.41) is 4.15. The Morgan fingerprint density at radius 1 is 1.08 bits per heavy atom. The summed E-state index contributed by atoms with van der Waals surface area (Å²) in [5.41, 5.74) is 1.20. The predicted octanol–water partition coefficient (Wildman–Crippen LogP) is 2.98. The van der Waals surface area contributed by atoms with Crippen molar-refractivity contribution in [1.82, 2.24) is 9.80 Å². The Hall–Kier alpha value is -1.69. The summed E-state index contributed by atoms with van der Waals surface area (Å²) in [6.07, 6.45) is 5.97. The van der Waals surface area contributed by atoms with Crippen LogP contribution in [0.4, 0.5) is 0 Å². The summed E-state index contributed by atoms with van der Waals surface area (Å²) in [6.45, 7) is 1.02. The van der Waals surface area contributed by atoms with E-state index in [2.05, 4.69) is 11.4 Å². The molecule has 25 heavy (non-hydrogen) atoms. The third-order valence-corrected chi connectivity index (χ3v) is 6.68. The molecule has 0 bridgehead atoms. The molecule has 5 nitrogen and oxygen atoms in total. The number of rotatable bonds is 4. The first-order valence-electron chi connectivity index (χ1n) is 9.33. The number of carbonyl (C=O) groups is 3. The van der Waals surface area contributed by atoms with Gasteiger partial charge in [-0.1, -0.05) is 12.8 Å². The molecule has 1 aromatic rings. The van der Waals surface area contributed by atoms with Crippen molar-refractivity contribution in [1.29, 1.82) is 0 Å². The normalized spacial score (nSPS) is 29.4. The highest BCUT2D eigenvalue weighted by atomic mass is 32.1. The van der Waals surface area contributed by atoms with Crippen LogP contribution in [0.1, 0.15) is 56.6 Å². The lowest BCUT2D eigenvalue weighted by Crippen LogP contribution is -2.37. The average molecular weight is 360 g/mol. The van der Waals surface area contributed by atoms with Gasteiger partial charge in [0.25, 0.3) is 0 Å². The van der Waals surface area contributed by atoms with Gasteiger partial charge in [-0.3, -0.25) is 19.3 Å². The molecule has 3 amide bonds. The molecule has 2 saturated heterocycles. The van der Waals surface area contributed by atoms with E-state index in [9.17, 15) is 14.4 Å². The molecule has 2 aliphatic heterocycles. The van der Waals surface area contributed by atoms with Gasteiger partial charge in [0.15, 0.2) is 0 Å². The Morgan fingerprint density at radius 2 is 1.80 bits per heavy atom. The molecule has 3 fully saturated rings. The fourth-order valence-corrected chi connectivity index (χ4v) is 5.39. The minimum atomic E-state index is -0.123. The second-order valence-electron chi connectivity index (χ2n) is 7.38. The molecule has 0 aromatic carbocycles. The first kappa shape index (κ1) is 16.8. The molecule has 0 unspecified atom stereocenters. The molecule has 3 aliphatic rings. The van der Waals surface area contributed by atoms with Crippen molar-refractivity contribution in [3.63, 3.8) is 0 Å². The quantitative estimate of drug-likeness (QED) is 0.776. The minimum Gasteiger partial charge on any atom is -0.336 e. The van der Waals surface area contributed by atoms with Crippen molar-refractivity contribution in [2.24, 2.45) is 11.8 Å². The Labute approximate surface area is 152 Å². The second-order valence-corrected chi connectivity index (χ2v) is 8.16. The van der Waals surface area contributed by atoms with E-state index in [0.29, 0.717) is 0 Å². The Kier molecular flexibility index (Phi) is 4.63. The van der Waals surface area contributed by atoms with Gasteiger partial charge in [-0.25, -0.2) is 0 Å². The molecular weight excluding hydrogens is 336 g/mol. The first-order valence-corrected chi connectivity index (χ1v) is 10.3. The van der Waals surface area contributed by atoms with Crippen LogP contribution in [0.2, 0.25) is 0 Å². The number of imide groups is 1. The molecule has 6 heteroatoms. The van der Waals surface area contributed by atoms with Gasteiger partial charge in [-0.15, -0.1) is 0 Å². The summed E-state index contributed by atoms with van der Waals surface area (Å²) >= 11 is 1.65. The Bertz CT molecular complexity index is 648. The van der Waals surface area contributed by atoms with E-state index in [-0.39, 0.29) is 48.6 Å². The van der Waals surface area contributed by atoms with Crippen LogP contribution in [0.15, 0.2) is 16.8 Å². The van der Waals surface area contributed by atoms with Gasteiger partial charge in [0.05, 0.1) is 17.9 Å². The maximum absolute atomic E-state index is 12.7. The van der Waals surface area contributed by atoms with Crippen molar-refractivity contribution in [3.8, 4) is 0 Å². The molecular formula is C19H24N2O3S. The van der Waals surface area contributed by atoms with Gasteiger partial charge < -0.3 is 4.90 Å². The number of thiophene rings is 1. The highest BCUT2D eigenvalue weighted by Crippen LogP contribution is 2.38. The highest BCUT2D eigenvalue weighted by molar-refractivity contribution is 7.08. The molecule has 1 saturated carbocycles. The Balaban J connectivity index is 1.38. The van der Waals surface area contributed by atoms with Crippen LogP contribution >= 0.6 is 11.3 Å². The van der Waals surface area contributed by atoms with Crippen molar-refractivity contribution in [2.45, 2.75) is 51.0 Å². The van der Waals surface area contributed by atoms with Gasteiger partial charge in [-0.05, 0) is 48.1 Å². The smallest absolute Gasteiger partial charge is 0.233 e. The zero-order chi connectivity index (χ0) is 17.4. The Morgan fingerprint density at radius 3 is 2.44 bits per heavy atom. The number of nitrogens with zero attached hydrogens (tertiary/aromatic N) is 2. The predicted molar refractivity (Wildman–Crippen MR) is 94.8 cm³/mol. The number of likely N-dealkylation sites (tertiary alicyclic amines) is 2. The summed E-state index contributed by atoms with van der Waals surface area (Å²) in [7, 11) is 0. The lowest BCUT2D eigenvalue weighted by atomic mass is 9.81. The van der Waals surface area contributed by atoms with Gasteiger partial charge in [-0.2, -0.15) is 11.3 Å². The van der Waals surface area contributed by atoms with Crippen LogP contribution in [0.5, 0.6) is 0 Å². The number of amides is 3. The van der Waals surface area contributed by atoms with E-state index in [1.807, 2.05) is 10.3 Å². The van der Waals surface area contributed by atoms with Crippen LogP contribution < -0.4 is 0 Å². The average Bonchev–Trinajstić information content (AvgIpc) is 3.35. The summed E-state index contributed by atoms with van der Waals surface area (Å²) in [4.78, 5) is 41.0. The fraction of sp³-hybridized carbons (Fsp3) is 0.632. The monoisotopic (exact) mass is 360 g/mol. The van der Waals surface area contributed by atoms with Gasteiger partial charge in [0.1, 0.15) is 0 Å². The molecule has 0 spiro atoms. The largest absolute Gasteiger partial charge is 0.336 e. The van der Waals surface area contributed by atoms with Crippen molar-refractivity contribution >= 4 is 29.1 Å². The van der Waals surface area contributed by atoms with Crippen molar-refractivity contribution in [3.05, 3.63) is 22.4 Å². The molecule has 1 aromatic heterocycles. The van der Waals surface area contributed by atoms with Crippen molar-refractivity contribution < 1.29 is 14.4 Å². The zero-order valence-corrected chi connectivity index (χ0v) is 15.2. The van der Waals surface area contributed by atoms with Crippen LogP contribution in [-0.4, -0.2) is 40.6 Å². The topological polar surface area (TPSA) is 57.7 Å². The number of fused-ring (bicyclic) bond motifs is 1. The SMILES string of the molecule is O=C1[C@@H]2CCCC[C@H]2C(=O)N1CCC(=O)N1CCC[C@@H]1c1ccsc1. The molecule has 3 heterocycles. The molecule has 4 rings (SSSR count). The molecule has 134 valence electrons. The molecule has 0 N–H and O–H groups in total. The maximum atomic E-state index is 12.7. The number of hydrogen-bond donors (Lipinski definition) is 0. The first-order chi connectivity index (χ1) is 12.2.